The van der Waals surface area contributed by atoms with E-state index in [4.69, 9.17) is 5.73 Å². The maximum atomic E-state index is 14.3. The van der Waals surface area contributed by atoms with E-state index in [0.29, 0.717) is 55.0 Å². The maximum absolute atomic E-state index is 14.3. The molecule has 2 heterocycles. The number of amides is 2. The van der Waals surface area contributed by atoms with Gasteiger partial charge in [0.2, 0.25) is 5.91 Å². The number of aromatic nitrogens is 3. The summed E-state index contributed by atoms with van der Waals surface area (Å²) in [5.74, 6) is -4.25. The van der Waals surface area contributed by atoms with Crippen LogP contribution in [0.1, 0.15) is 70.3 Å². The van der Waals surface area contributed by atoms with Crippen molar-refractivity contribution in [2.75, 3.05) is 0 Å². The van der Waals surface area contributed by atoms with Crippen LogP contribution < -0.4 is 11.1 Å². The quantitative estimate of drug-likeness (QED) is 0.236. The molecule has 1 spiro atoms. The first-order chi connectivity index (χ1) is 21.3. The van der Waals surface area contributed by atoms with Gasteiger partial charge in [-0.05, 0) is 85.4 Å². The molecular weight excluding hydrogens is 600 g/mol. The Balaban J connectivity index is 1.37. The molecule has 0 saturated heterocycles. The second kappa shape index (κ2) is 11.4. The van der Waals surface area contributed by atoms with Crippen LogP contribution in [0.2, 0.25) is 0 Å². The highest BCUT2D eigenvalue weighted by Gasteiger charge is 2.54. The van der Waals surface area contributed by atoms with E-state index in [0.717, 1.165) is 22.9 Å². The van der Waals surface area contributed by atoms with Gasteiger partial charge in [0.25, 0.3) is 5.91 Å². The smallest absolute Gasteiger partial charge is 0.366 e. The van der Waals surface area contributed by atoms with Gasteiger partial charge in [-0.15, -0.1) is 0 Å². The van der Waals surface area contributed by atoms with E-state index >= 15 is 0 Å². The molecule has 7 nitrogen and oxygen atoms in total. The molecule has 0 unspecified atom stereocenters. The Kier molecular flexibility index (Phi) is 7.66. The molecule has 234 valence electrons. The summed E-state index contributed by atoms with van der Waals surface area (Å²) in [6.45, 7) is -0.535. The molecule has 1 atom stereocenters. The van der Waals surface area contributed by atoms with Crippen molar-refractivity contribution in [1.29, 1.82) is 0 Å². The van der Waals surface area contributed by atoms with Crippen molar-refractivity contribution in [3.8, 4) is 11.1 Å². The number of nitrogens with two attached hydrogens (primary N) is 1. The van der Waals surface area contributed by atoms with E-state index in [1.165, 1.54) is 18.3 Å². The van der Waals surface area contributed by atoms with Crippen LogP contribution in [0.25, 0.3) is 11.1 Å². The fourth-order valence-electron chi connectivity index (χ4n) is 6.38. The van der Waals surface area contributed by atoms with Crippen LogP contribution in [0, 0.1) is 17.5 Å². The lowest BCUT2D eigenvalue weighted by Gasteiger charge is -2.24. The minimum Gasteiger partial charge on any atom is -0.366 e. The number of hydrogen-bond acceptors (Lipinski definition) is 4. The summed E-state index contributed by atoms with van der Waals surface area (Å²) in [7, 11) is 0. The highest BCUT2D eigenvalue weighted by Crippen LogP contribution is 2.58. The van der Waals surface area contributed by atoms with Gasteiger partial charge in [0.1, 0.15) is 24.0 Å². The van der Waals surface area contributed by atoms with Crippen LogP contribution in [0.3, 0.4) is 0 Å². The number of nitrogens with zero attached hydrogens (tertiary/aromatic N) is 3. The van der Waals surface area contributed by atoms with Crippen LogP contribution in [-0.2, 0) is 35.8 Å². The number of halogens is 6. The van der Waals surface area contributed by atoms with Crippen molar-refractivity contribution >= 4 is 11.8 Å². The van der Waals surface area contributed by atoms with Crippen LogP contribution in [-0.4, -0.2) is 26.6 Å². The average Bonchev–Trinajstić information content (AvgIpc) is 3.62. The van der Waals surface area contributed by atoms with Gasteiger partial charge in [0.05, 0.1) is 17.3 Å². The lowest BCUT2D eigenvalue weighted by atomic mass is 9.82. The number of primary amides is 1. The van der Waals surface area contributed by atoms with Gasteiger partial charge in [0.15, 0.2) is 5.69 Å². The molecule has 2 aliphatic carbocycles. The van der Waals surface area contributed by atoms with Crippen molar-refractivity contribution in [3.63, 3.8) is 0 Å². The molecule has 6 rings (SSSR count). The molecule has 2 aliphatic rings. The Bertz CT molecular complexity index is 1790. The van der Waals surface area contributed by atoms with Crippen molar-refractivity contribution < 1.29 is 35.9 Å². The predicted molar refractivity (Wildman–Crippen MR) is 150 cm³/mol. The highest BCUT2D eigenvalue weighted by atomic mass is 19.4. The van der Waals surface area contributed by atoms with E-state index in [9.17, 15) is 35.9 Å². The van der Waals surface area contributed by atoms with E-state index in [2.05, 4.69) is 15.4 Å². The fraction of sp³-hybridized carbons (Fsp3) is 0.312. The lowest BCUT2D eigenvalue weighted by Crippen LogP contribution is -2.34. The standard InChI is InChI=1S/C32H27F6N5O2/c33-19-11-17(12-20(34)15-19)13-24(28-21(3-2-10-40-28)18-5-6-23(35)22(14-18)30(39)45)41-26(44)16-43-25-4-1-7-31(8-9-31)27(25)29(42-43)32(36,37)38/h2-3,5-6,10-12,14-15,24H,1,4,7-9,13,16H2,(H2,39,45)(H,41,44)/t24-/m0/s1. The number of benzene rings is 2. The zero-order valence-corrected chi connectivity index (χ0v) is 23.7. The minimum atomic E-state index is -4.69. The topological polar surface area (TPSA) is 103 Å². The minimum absolute atomic E-state index is 0.164. The maximum Gasteiger partial charge on any atom is 0.435 e. The summed E-state index contributed by atoms with van der Waals surface area (Å²) in [6.07, 6.45) is -0.516. The van der Waals surface area contributed by atoms with Crippen LogP contribution in [0.4, 0.5) is 26.3 Å². The third-order valence-electron chi connectivity index (χ3n) is 8.48. The first kappa shape index (κ1) is 30.4. The Labute approximate surface area is 253 Å². The number of fused-ring (bicyclic) bond motifs is 2. The number of hydrogen-bond donors (Lipinski definition) is 2. The molecule has 3 N–H and O–H groups in total. The molecule has 4 aromatic rings. The van der Waals surface area contributed by atoms with Gasteiger partial charge in [0, 0.05) is 29.1 Å². The van der Waals surface area contributed by atoms with Crippen LogP contribution >= 0.6 is 0 Å². The fourth-order valence-corrected chi connectivity index (χ4v) is 6.38. The molecule has 2 aromatic heterocycles. The zero-order valence-electron chi connectivity index (χ0n) is 23.7. The first-order valence-electron chi connectivity index (χ1n) is 14.3. The summed E-state index contributed by atoms with van der Waals surface area (Å²) in [6, 6.07) is 8.62. The van der Waals surface area contributed by atoms with Gasteiger partial charge < -0.3 is 11.1 Å². The zero-order chi connectivity index (χ0) is 32.1. The molecule has 1 saturated carbocycles. The number of nitrogens with one attached hydrogen (secondary N) is 1. The van der Waals surface area contributed by atoms with E-state index in [1.807, 2.05) is 0 Å². The Morgan fingerprint density at radius 1 is 1.02 bits per heavy atom. The number of pyridine rings is 1. The van der Waals surface area contributed by atoms with Crippen LogP contribution in [0.5, 0.6) is 0 Å². The number of alkyl halides is 3. The van der Waals surface area contributed by atoms with Gasteiger partial charge in [-0.25, -0.2) is 13.2 Å². The van der Waals surface area contributed by atoms with Crippen molar-refractivity contribution in [2.24, 2.45) is 5.73 Å². The Hall–Kier alpha value is -4.68. The molecule has 45 heavy (non-hydrogen) atoms. The first-order valence-corrected chi connectivity index (χ1v) is 14.3. The molecule has 0 aliphatic heterocycles. The summed E-state index contributed by atoms with van der Waals surface area (Å²) in [5.41, 5.74) is 5.02. The van der Waals surface area contributed by atoms with Crippen molar-refractivity contribution in [3.05, 3.63) is 106 Å². The summed E-state index contributed by atoms with van der Waals surface area (Å²) in [5, 5.41) is 6.63. The average molecular weight is 628 g/mol. The third-order valence-corrected chi connectivity index (χ3v) is 8.48. The van der Waals surface area contributed by atoms with E-state index in [-0.39, 0.29) is 28.8 Å². The molecule has 0 radical (unpaired) electrons. The summed E-state index contributed by atoms with van der Waals surface area (Å²) >= 11 is 0. The SMILES string of the molecule is NC(=O)c1cc(-c2cccnc2[C@H](Cc2cc(F)cc(F)c2)NC(=O)Cn2nc(C(F)(F)F)c3c2CCCC32CC2)ccc1F. The Morgan fingerprint density at radius 2 is 1.76 bits per heavy atom. The van der Waals surface area contributed by atoms with Gasteiger partial charge in [-0.3, -0.25) is 19.3 Å². The molecule has 2 amide bonds. The number of carbonyl (C=O) groups excluding carboxylic acids is 2. The summed E-state index contributed by atoms with van der Waals surface area (Å²) < 4.78 is 85.8. The lowest BCUT2D eigenvalue weighted by molar-refractivity contribution is -0.142. The summed E-state index contributed by atoms with van der Waals surface area (Å²) in [4.78, 5) is 29.8. The van der Waals surface area contributed by atoms with Crippen molar-refractivity contribution in [2.45, 2.75) is 62.7 Å². The largest absolute Gasteiger partial charge is 0.435 e. The van der Waals surface area contributed by atoms with Crippen LogP contribution in [0.15, 0.2) is 54.7 Å². The second-order valence-corrected chi connectivity index (χ2v) is 11.6. The van der Waals surface area contributed by atoms with Crippen molar-refractivity contribution in [1.82, 2.24) is 20.1 Å². The van der Waals surface area contributed by atoms with Gasteiger partial charge >= 0.3 is 6.18 Å². The van der Waals surface area contributed by atoms with Gasteiger partial charge in [-0.2, -0.15) is 18.3 Å². The normalized spacial score (nSPS) is 15.9. The predicted octanol–water partition coefficient (Wildman–Crippen LogP) is 5.95. The third kappa shape index (κ3) is 6.03. The van der Waals surface area contributed by atoms with Gasteiger partial charge in [-0.1, -0.05) is 12.1 Å². The van der Waals surface area contributed by atoms with E-state index < -0.39 is 59.1 Å². The molecule has 0 bridgehead atoms. The molecule has 2 aromatic carbocycles. The molecule has 13 heteroatoms. The molecular formula is C32H27F6N5O2. The van der Waals surface area contributed by atoms with E-state index in [1.54, 1.807) is 12.1 Å². The number of rotatable bonds is 8. The molecule has 1 fully saturated rings. The second-order valence-electron chi connectivity index (χ2n) is 11.6. The Morgan fingerprint density at radius 3 is 2.42 bits per heavy atom. The monoisotopic (exact) mass is 627 g/mol. The number of carbonyl (C=O) groups is 2. The highest BCUT2D eigenvalue weighted by molar-refractivity contribution is 5.94.